The Bertz CT molecular complexity index is 908. The summed E-state index contributed by atoms with van der Waals surface area (Å²) in [4.78, 5) is 19.9. The Kier molecular flexibility index (Phi) is 5.32. The third-order valence-corrected chi connectivity index (χ3v) is 5.64. The fourth-order valence-corrected chi connectivity index (χ4v) is 4.11. The van der Waals surface area contributed by atoms with Crippen molar-refractivity contribution in [3.8, 4) is 0 Å². The first-order valence-electron chi connectivity index (χ1n) is 9.71. The summed E-state index contributed by atoms with van der Waals surface area (Å²) in [5, 5.41) is 3.64. The van der Waals surface area contributed by atoms with E-state index in [1.54, 1.807) is 16.7 Å². The maximum absolute atomic E-state index is 12.9. The molecule has 27 heavy (non-hydrogen) atoms. The molecule has 1 amide bonds. The van der Waals surface area contributed by atoms with E-state index in [1.165, 1.54) is 25.9 Å². The molecule has 1 saturated heterocycles. The molecule has 142 valence electrons. The standard InChI is InChI=1S/C21H25ClN4O/c1-2-18-20(26-14-16(22)7-10-19(26)24-18)21(27)23-13-15-5-8-17(9-6-15)25-11-3-4-12-25/h5-8,10,14,17H,2-4,9,11-13H2,1H3,(H,23,27). The number of imidazole rings is 1. The maximum Gasteiger partial charge on any atom is 0.270 e. The molecule has 2 aromatic heterocycles. The lowest BCUT2D eigenvalue weighted by atomic mass is 10.0. The van der Waals surface area contributed by atoms with Crippen LogP contribution in [0.2, 0.25) is 5.02 Å². The van der Waals surface area contributed by atoms with E-state index in [1.807, 2.05) is 13.0 Å². The molecule has 1 fully saturated rings. The van der Waals surface area contributed by atoms with Crippen LogP contribution in [0.5, 0.6) is 0 Å². The Hall–Kier alpha value is -2.11. The van der Waals surface area contributed by atoms with Crippen molar-refractivity contribution in [3.63, 3.8) is 0 Å². The van der Waals surface area contributed by atoms with Gasteiger partial charge >= 0.3 is 0 Å². The van der Waals surface area contributed by atoms with E-state index in [2.05, 4.69) is 33.4 Å². The van der Waals surface area contributed by atoms with Crippen molar-refractivity contribution in [2.75, 3.05) is 19.6 Å². The monoisotopic (exact) mass is 384 g/mol. The summed E-state index contributed by atoms with van der Waals surface area (Å²) in [6.07, 6.45) is 12.8. The van der Waals surface area contributed by atoms with Crippen molar-refractivity contribution in [2.45, 2.75) is 38.6 Å². The number of likely N-dealkylation sites (tertiary alicyclic amines) is 1. The van der Waals surface area contributed by atoms with Crippen LogP contribution in [-0.4, -0.2) is 45.9 Å². The van der Waals surface area contributed by atoms with Crippen LogP contribution in [0.25, 0.3) is 5.65 Å². The molecule has 1 aliphatic carbocycles. The molecule has 1 aliphatic heterocycles. The van der Waals surface area contributed by atoms with Crippen LogP contribution in [-0.2, 0) is 6.42 Å². The summed E-state index contributed by atoms with van der Waals surface area (Å²) in [6.45, 7) is 4.93. The Morgan fingerprint density at radius 2 is 2.15 bits per heavy atom. The first-order chi connectivity index (χ1) is 13.2. The summed E-state index contributed by atoms with van der Waals surface area (Å²) in [7, 11) is 0. The van der Waals surface area contributed by atoms with E-state index in [0.717, 1.165) is 23.3 Å². The smallest absolute Gasteiger partial charge is 0.270 e. The molecular weight excluding hydrogens is 360 g/mol. The van der Waals surface area contributed by atoms with E-state index < -0.39 is 0 Å². The van der Waals surface area contributed by atoms with Crippen LogP contribution in [0, 0.1) is 0 Å². The number of carbonyl (C=O) groups is 1. The normalized spacial score (nSPS) is 20.2. The molecule has 1 atom stereocenters. The molecule has 1 N–H and O–H groups in total. The second-order valence-electron chi connectivity index (χ2n) is 7.20. The summed E-state index contributed by atoms with van der Waals surface area (Å²) in [5.74, 6) is -0.113. The highest BCUT2D eigenvalue weighted by molar-refractivity contribution is 6.30. The highest BCUT2D eigenvalue weighted by Gasteiger charge is 2.21. The number of pyridine rings is 1. The van der Waals surface area contributed by atoms with Crippen LogP contribution < -0.4 is 5.32 Å². The minimum atomic E-state index is -0.113. The van der Waals surface area contributed by atoms with Gasteiger partial charge in [0, 0.05) is 18.8 Å². The third-order valence-electron chi connectivity index (χ3n) is 5.42. The zero-order valence-corrected chi connectivity index (χ0v) is 16.4. The summed E-state index contributed by atoms with van der Waals surface area (Å²) in [5.41, 5.74) is 3.26. The molecule has 2 aromatic rings. The molecule has 0 saturated carbocycles. The molecule has 1 unspecified atom stereocenters. The largest absolute Gasteiger partial charge is 0.347 e. The molecule has 5 nitrogen and oxygen atoms in total. The summed E-state index contributed by atoms with van der Waals surface area (Å²) in [6, 6.07) is 4.14. The third kappa shape index (κ3) is 3.80. The first kappa shape index (κ1) is 18.3. The number of fused-ring (bicyclic) bond motifs is 1. The van der Waals surface area contributed by atoms with Crippen molar-refractivity contribution >= 4 is 23.2 Å². The number of hydrogen-bond donors (Lipinski definition) is 1. The van der Waals surface area contributed by atoms with E-state index in [9.17, 15) is 4.79 Å². The Balaban J connectivity index is 1.44. The van der Waals surface area contributed by atoms with Crippen molar-refractivity contribution in [2.24, 2.45) is 0 Å². The van der Waals surface area contributed by atoms with Gasteiger partial charge in [0.05, 0.1) is 10.7 Å². The fraction of sp³-hybridized carbons (Fsp3) is 0.429. The second-order valence-corrected chi connectivity index (χ2v) is 7.64. The van der Waals surface area contributed by atoms with Crippen LogP contribution in [0.3, 0.4) is 0 Å². The molecule has 0 spiro atoms. The molecule has 3 heterocycles. The van der Waals surface area contributed by atoms with Gasteiger partial charge in [0.25, 0.3) is 5.91 Å². The van der Waals surface area contributed by atoms with E-state index >= 15 is 0 Å². The topological polar surface area (TPSA) is 49.6 Å². The second kappa shape index (κ2) is 7.87. The highest BCUT2D eigenvalue weighted by atomic mass is 35.5. The zero-order chi connectivity index (χ0) is 18.8. The fourth-order valence-electron chi connectivity index (χ4n) is 3.95. The molecule has 0 aromatic carbocycles. The number of rotatable bonds is 5. The van der Waals surface area contributed by atoms with Crippen molar-refractivity contribution < 1.29 is 4.79 Å². The van der Waals surface area contributed by atoms with Gasteiger partial charge in [0.2, 0.25) is 0 Å². The van der Waals surface area contributed by atoms with Gasteiger partial charge in [0.1, 0.15) is 11.3 Å². The quantitative estimate of drug-likeness (QED) is 0.856. The predicted molar refractivity (Wildman–Crippen MR) is 108 cm³/mol. The number of nitrogens with zero attached hydrogens (tertiary/aromatic N) is 3. The number of aromatic nitrogens is 2. The van der Waals surface area contributed by atoms with Gasteiger partial charge in [-0.3, -0.25) is 14.1 Å². The SMILES string of the molecule is CCc1nc2ccc(Cl)cn2c1C(=O)NCC1=CCC(N2CCCC2)C=C1. The Morgan fingerprint density at radius 3 is 2.85 bits per heavy atom. The molecule has 0 radical (unpaired) electrons. The van der Waals surface area contributed by atoms with Crippen molar-refractivity contribution in [1.82, 2.24) is 19.6 Å². The van der Waals surface area contributed by atoms with Crippen LogP contribution >= 0.6 is 11.6 Å². The van der Waals surface area contributed by atoms with Gasteiger partial charge < -0.3 is 5.32 Å². The molecule has 4 rings (SSSR count). The number of nitrogens with one attached hydrogen (secondary N) is 1. The molecule has 2 aliphatic rings. The zero-order valence-electron chi connectivity index (χ0n) is 15.6. The predicted octanol–water partition coefficient (Wildman–Crippen LogP) is 3.63. The minimum Gasteiger partial charge on any atom is -0.347 e. The Morgan fingerprint density at radius 1 is 1.33 bits per heavy atom. The van der Waals surface area contributed by atoms with Gasteiger partial charge in [0.15, 0.2) is 0 Å². The molecule has 0 bridgehead atoms. The van der Waals surface area contributed by atoms with Crippen LogP contribution in [0.1, 0.15) is 42.4 Å². The average molecular weight is 385 g/mol. The summed E-state index contributed by atoms with van der Waals surface area (Å²) < 4.78 is 1.78. The van der Waals surface area contributed by atoms with Gasteiger partial charge in [-0.15, -0.1) is 0 Å². The van der Waals surface area contributed by atoms with Crippen LogP contribution in [0.15, 0.2) is 42.1 Å². The lowest BCUT2D eigenvalue weighted by molar-refractivity contribution is 0.0950. The summed E-state index contributed by atoms with van der Waals surface area (Å²) >= 11 is 6.11. The molecule has 6 heteroatoms. The van der Waals surface area contributed by atoms with E-state index in [-0.39, 0.29) is 5.91 Å². The van der Waals surface area contributed by atoms with Gasteiger partial charge in [-0.05, 0) is 56.5 Å². The van der Waals surface area contributed by atoms with Crippen molar-refractivity contribution in [1.29, 1.82) is 0 Å². The molecular formula is C21H25ClN4O. The minimum absolute atomic E-state index is 0.113. The van der Waals surface area contributed by atoms with Gasteiger partial charge in [-0.25, -0.2) is 4.98 Å². The lowest BCUT2D eigenvalue weighted by Crippen LogP contribution is -2.32. The number of carbonyl (C=O) groups excluding carboxylic acids is 1. The maximum atomic E-state index is 12.9. The lowest BCUT2D eigenvalue weighted by Gasteiger charge is -2.26. The van der Waals surface area contributed by atoms with Gasteiger partial charge in [-0.2, -0.15) is 0 Å². The highest BCUT2D eigenvalue weighted by Crippen LogP contribution is 2.21. The number of amides is 1. The average Bonchev–Trinajstić information content (AvgIpc) is 3.34. The van der Waals surface area contributed by atoms with Crippen molar-refractivity contribution in [3.05, 3.63) is 58.5 Å². The number of hydrogen-bond acceptors (Lipinski definition) is 3. The van der Waals surface area contributed by atoms with Gasteiger partial charge in [-0.1, -0.05) is 36.8 Å². The number of halogens is 1. The number of aryl methyl sites for hydroxylation is 1. The van der Waals surface area contributed by atoms with E-state index in [4.69, 9.17) is 11.6 Å². The van der Waals surface area contributed by atoms with Crippen LogP contribution in [0.4, 0.5) is 0 Å². The van der Waals surface area contributed by atoms with E-state index in [0.29, 0.717) is 29.7 Å². The Labute approximate surface area is 164 Å². The first-order valence-corrected chi connectivity index (χ1v) is 10.1.